The van der Waals surface area contributed by atoms with Crippen molar-refractivity contribution in [1.82, 2.24) is 5.32 Å². The number of hydrogen-bond donors (Lipinski definition) is 6. The number of carbonyl (C=O) groups excluding carboxylic acids is 2. The van der Waals surface area contributed by atoms with Gasteiger partial charge >= 0.3 is 5.97 Å². The van der Waals surface area contributed by atoms with Crippen molar-refractivity contribution in [3.63, 3.8) is 0 Å². The van der Waals surface area contributed by atoms with Gasteiger partial charge in [0.2, 0.25) is 5.91 Å². The Hall–Kier alpha value is -3.42. The molecule has 0 aromatic heterocycles. The van der Waals surface area contributed by atoms with E-state index in [2.05, 4.69) is 111 Å². The molecule has 0 aromatic rings. The molecule has 8 atom stereocenters. The maximum absolute atomic E-state index is 13.5. The quantitative estimate of drug-likeness (QED) is 0.0195. The summed E-state index contributed by atoms with van der Waals surface area (Å²) in [7, 11) is 0. The molecule has 0 spiro atoms. The lowest BCUT2D eigenvalue weighted by Gasteiger charge is -2.41. The van der Waals surface area contributed by atoms with Gasteiger partial charge in [0.05, 0.1) is 25.4 Å². The zero-order valence-corrected chi connectivity index (χ0v) is 58.0. The molecule has 1 aliphatic heterocycles. The van der Waals surface area contributed by atoms with Crippen molar-refractivity contribution in [2.24, 2.45) is 0 Å². The molecule has 11 heteroatoms. The Labute approximate surface area is 552 Å². The van der Waals surface area contributed by atoms with Crippen molar-refractivity contribution in [2.75, 3.05) is 13.2 Å². The first kappa shape index (κ1) is 84.6. The minimum atomic E-state index is -1.62. The number of hydrogen-bond acceptors (Lipinski definition) is 10. The number of unbranched alkanes of at least 4 members (excludes halogenated alkanes) is 36. The number of amides is 1. The maximum atomic E-state index is 13.5. The molecular weight excluding hydrogens is 1120 g/mol. The molecule has 1 amide bonds. The predicted octanol–water partition coefficient (Wildman–Crippen LogP) is 19.8. The van der Waals surface area contributed by atoms with Gasteiger partial charge in [-0.15, -0.1) is 0 Å². The molecule has 0 aliphatic carbocycles. The van der Waals surface area contributed by atoms with Crippen LogP contribution < -0.4 is 5.32 Å². The van der Waals surface area contributed by atoms with Gasteiger partial charge < -0.3 is 45.1 Å². The van der Waals surface area contributed by atoms with Crippen LogP contribution in [0.4, 0.5) is 0 Å². The smallest absolute Gasteiger partial charge is 0.306 e. The molecular formula is C79H139NO10. The summed E-state index contributed by atoms with van der Waals surface area (Å²) in [6, 6.07) is -1.03. The normalized spacial score (nSPS) is 18.6. The topological polar surface area (TPSA) is 175 Å². The molecule has 1 aliphatic rings. The summed E-state index contributed by atoms with van der Waals surface area (Å²) in [6.45, 7) is 5.70. The highest BCUT2D eigenvalue weighted by atomic mass is 16.7. The van der Waals surface area contributed by atoms with E-state index in [4.69, 9.17) is 14.2 Å². The third kappa shape index (κ3) is 52.0. The average Bonchev–Trinajstić information content (AvgIpc) is 3.71. The number of esters is 1. The third-order valence-electron chi connectivity index (χ3n) is 17.2. The summed E-state index contributed by atoms with van der Waals surface area (Å²) >= 11 is 0. The number of aliphatic hydroxyl groups excluding tert-OH is 5. The number of allylic oxidation sites excluding steroid dienone is 15. The lowest BCUT2D eigenvalue weighted by molar-refractivity contribution is -0.305. The zero-order chi connectivity index (χ0) is 65.3. The first-order valence-electron chi connectivity index (χ1n) is 37.5. The summed E-state index contributed by atoms with van der Waals surface area (Å²) in [5.74, 6) is -1.20. The summed E-state index contributed by atoms with van der Waals surface area (Å²) < 4.78 is 17.7. The van der Waals surface area contributed by atoms with Crippen molar-refractivity contribution < 1.29 is 49.3 Å². The van der Waals surface area contributed by atoms with Crippen molar-refractivity contribution in [3.8, 4) is 0 Å². The first-order valence-corrected chi connectivity index (χ1v) is 37.5. The molecule has 0 aromatic carbocycles. The predicted molar refractivity (Wildman–Crippen MR) is 379 cm³/mol. The number of carbonyl (C=O) groups is 2. The van der Waals surface area contributed by atoms with Gasteiger partial charge in [-0.3, -0.25) is 9.59 Å². The number of aliphatic hydroxyl groups is 5. The molecule has 1 rings (SSSR count). The van der Waals surface area contributed by atoms with Crippen LogP contribution in [0.2, 0.25) is 0 Å². The van der Waals surface area contributed by atoms with Crippen molar-refractivity contribution >= 4 is 11.9 Å². The van der Waals surface area contributed by atoms with Crippen LogP contribution in [-0.2, 0) is 23.8 Å². The summed E-state index contributed by atoms with van der Waals surface area (Å²) in [5.41, 5.74) is 0. The van der Waals surface area contributed by atoms with Crippen LogP contribution in [-0.4, -0.2) is 99.6 Å². The number of nitrogens with one attached hydrogen (secondary N) is 1. The van der Waals surface area contributed by atoms with E-state index in [9.17, 15) is 35.1 Å². The van der Waals surface area contributed by atoms with Gasteiger partial charge in [-0.2, -0.15) is 0 Å². The third-order valence-corrected chi connectivity index (χ3v) is 17.2. The van der Waals surface area contributed by atoms with Gasteiger partial charge in [0.1, 0.15) is 24.4 Å². The molecule has 1 saturated heterocycles. The summed E-state index contributed by atoms with van der Waals surface area (Å²) in [5, 5.41) is 57.3. The largest absolute Gasteiger partial charge is 0.454 e. The second kappa shape index (κ2) is 65.6. The van der Waals surface area contributed by atoms with Crippen LogP contribution in [0.1, 0.15) is 329 Å². The van der Waals surface area contributed by atoms with E-state index in [0.717, 1.165) is 109 Å². The molecule has 1 fully saturated rings. The van der Waals surface area contributed by atoms with E-state index in [1.54, 1.807) is 6.08 Å². The second-order valence-corrected chi connectivity index (χ2v) is 25.6. The van der Waals surface area contributed by atoms with Gasteiger partial charge in [-0.1, -0.05) is 317 Å². The van der Waals surface area contributed by atoms with Gasteiger partial charge in [-0.25, -0.2) is 0 Å². The standard InChI is InChI=1S/C79H139NO10/c1-4-7-10-13-16-19-22-25-27-29-31-33-35-36-37-38-39-41-43-45-47-49-52-55-58-61-64-67-74(84)90-77-76(86)75(85)73(68-81)89-79(77)88-69-70(71(82)65-62-59-56-53-50-24-21-18-15-12-9-6-3)80-78(87)72(83)66-63-60-57-54-51-48-46-44-42-40-34-32-30-28-26-23-20-17-14-11-8-5-2/h7,10,16,19,25-28,31,33,36-37,39,41,62,65,70-73,75-77,79,81-83,85-86H,4-6,8-9,11-15,17-18,20-24,29-30,32,34-35,38,40,42-61,63-64,66-69H2,1-3H3,(H,80,87)/b10-7-,19-16-,27-25-,28-26+,33-31-,37-36-,41-39-,65-62+. The van der Waals surface area contributed by atoms with Crippen LogP contribution in [0.25, 0.3) is 0 Å². The Morgan fingerprint density at radius 2 is 0.800 bits per heavy atom. The highest BCUT2D eigenvalue weighted by molar-refractivity contribution is 5.80. The van der Waals surface area contributed by atoms with E-state index in [1.807, 2.05) is 6.08 Å². The molecule has 0 saturated carbocycles. The molecule has 8 unspecified atom stereocenters. The fourth-order valence-electron chi connectivity index (χ4n) is 11.4. The van der Waals surface area contributed by atoms with Crippen LogP contribution >= 0.6 is 0 Å². The fraction of sp³-hybridized carbons (Fsp3) is 0.772. The van der Waals surface area contributed by atoms with Gasteiger partial charge in [0, 0.05) is 6.42 Å². The van der Waals surface area contributed by atoms with Gasteiger partial charge in [0.15, 0.2) is 12.4 Å². The van der Waals surface area contributed by atoms with E-state index >= 15 is 0 Å². The molecule has 0 radical (unpaired) electrons. The monoisotopic (exact) mass is 1260 g/mol. The minimum Gasteiger partial charge on any atom is -0.454 e. The SMILES string of the molecule is CC/C=C\C/C=C\C/C=C\C/C=C\C/C=C\C/C=C\CCCCCCCCCCC(=O)OC1C(OCC(NC(=O)C(O)CCCCCCCCCCCCCC/C=C/CCCCCCCC)C(O)/C=C/CCCCCCCCCCCC)OC(CO)C(O)C1O. The Kier molecular flexibility index (Phi) is 61.7. The maximum Gasteiger partial charge on any atom is 0.306 e. The van der Waals surface area contributed by atoms with Crippen molar-refractivity contribution in [1.29, 1.82) is 0 Å². The van der Waals surface area contributed by atoms with Crippen LogP contribution in [0.15, 0.2) is 97.2 Å². The lowest BCUT2D eigenvalue weighted by Crippen LogP contribution is -2.61. The van der Waals surface area contributed by atoms with E-state index < -0.39 is 67.4 Å². The Bertz CT molecular complexity index is 1840. The van der Waals surface area contributed by atoms with Crippen molar-refractivity contribution in [2.45, 2.75) is 378 Å². The van der Waals surface area contributed by atoms with Crippen LogP contribution in [0, 0.1) is 0 Å². The lowest BCUT2D eigenvalue weighted by atomic mass is 9.99. The number of ether oxygens (including phenoxy) is 3. The van der Waals surface area contributed by atoms with Crippen LogP contribution in [0.3, 0.4) is 0 Å². The first-order chi connectivity index (χ1) is 44.2. The Balaban J connectivity index is 2.55. The Morgan fingerprint density at radius 1 is 0.444 bits per heavy atom. The molecule has 6 N–H and O–H groups in total. The van der Waals surface area contributed by atoms with Crippen LogP contribution in [0.5, 0.6) is 0 Å². The Morgan fingerprint density at radius 3 is 1.21 bits per heavy atom. The molecule has 90 heavy (non-hydrogen) atoms. The molecule has 520 valence electrons. The summed E-state index contributed by atoms with van der Waals surface area (Å²) in [6.07, 6.45) is 78.7. The fourth-order valence-corrected chi connectivity index (χ4v) is 11.4. The van der Waals surface area contributed by atoms with E-state index in [1.165, 1.54) is 173 Å². The molecule has 11 nitrogen and oxygen atoms in total. The average molecular weight is 1260 g/mol. The number of rotatable bonds is 64. The van der Waals surface area contributed by atoms with Crippen molar-refractivity contribution in [3.05, 3.63) is 97.2 Å². The van der Waals surface area contributed by atoms with E-state index in [0.29, 0.717) is 12.8 Å². The highest BCUT2D eigenvalue weighted by Crippen LogP contribution is 2.26. The van der Waals surface area contributed by atoms with Gasteiger partial charge in [0.25, 0.3) is 0 Å². The molecule has 1 heterocycles. The highest BCUT2D eigenvalue weighted by Gasteiger charge is 2.47. The van der Waals surface area contributed by atoms with E-state index in [-0.39, 0.29) is 19.4 Å². The van der Waals surface area contributed by atoms with Gasteiger partial charge in [-0.05, 0) is 103 Å². The minimum absolute atomic E-state index is 0.110. The summed E-state index contributed by atoms with van der Waals surface area (Å²) in [4.78, 5) is 26.7. The second-order valence-electron chi connectivity index (χ2n) is 25.6. The zero-order valence-electron chi connectivity index (χ0n) is 58.0. The molecule has 0 bridgehead atoms.